The molecule has 150 valence electrons. The minimum atomic E-state index is -1.27. The number of nitrogens with zero attached hydrogens (tertiary/aromatic N) is 2. The van der Waals surface area contributed by atoms with Gasteiger partial charge < -0.3 is 24.7 Å². The first-order chi connectivity index (χ1) is 13.8. The van der Waals surface area contributed by atoms with Crippen LogP contribution in [-0.2, 0) is 13.6 Å². The fourth-order valence-corrected chi connectivity index (χ4v) is 2.94. The van der Waals surface area contributed by atoms with E-state index in [4.69, 9.17) is 11.5 Å². The molecule has 0 aliphatic rings. The highest BCUT2D eigenvalue weighted by atomic mass is 19.1. The van der Waals surface area contributed by atoms with Crippen molar-refractivity contribution >= 4 is 22.3 Å². The molecule has 0 saturated carbocycles. The Kier molecular flexibility index (Phi) is 5.50. The van der Waals surface area contributed by atoms with Crippen LogP contribution in [0.1, 0.15) is 5.56 Å². The summed E-state index contributed by atoms with van der Waals surface area (Å²) in [6, 6.07) is 5.14. The van der Waals surface area contributed by atoms with Crippen LogP contribution in [-0.4, -0.2) is 32.1 Å². The van der Waals surface area contributed by atoms with E-state index in [1.165, 1.54) is 31.4 Å². The summed E-state index contributed by atoms with van der Waals surface area (Å²) in [5, 5.41) is 20.9. The number of benzene rings is 1. The molecule has 0 spiro atoms. The number of halogens is 2. The van der Waals surface area contributed by atoms with Crippen molar-refractivity contribution in [1.29, 1.82) is 0 Å². The lowest BCUT2D eigenvalue weighted by Gasteiger charge is -2.16. The highest BCUT2D eigenvalue weighted by Crippen LogP contribution is 2.27. The van der Waals surface area contributed by atoms with Crippen LogP contribution in [0.25, 0.3) is 10.9 Å². The minimum absolute atomic E-state index is 0.110. The number of terminal acetylenes is 1. The minimum Gasteiger partial charge on any atom is -0.394 e. The lowest BCUT2D eigenvalue weighted by molar-refractivity contribution is 0.0805. The van der Waals surface area contributed by atoms with Crippen molar-refractivity contribution in [3.8, 4) is 12.3 Å². The number of aliphatic hydroxyl groups is 2. The van der Waals surface area contributed by atoms with Crippen LogP contribution in [0.4, 0.5) is 20.2 Å². The molecule has 3 aromatic rings. The number of aliphatic hydroxyl groups excluding tert-OH is 2. The normalized spacial score (nSPS) is 12.0. The van der Waals surface area contributed by atoms with E-state index in [0.29, 0.717) is 0 Å². The standard InChI is InChI=1S/C20H17F2N3O4/c1-3-11-4-5-14(13(21)8-11)23-18-16-15(24(2)20(29)17(18)22)6-7-25(19(16)28)9-12(27)10-26/h1,4-8,12,23,26-27H,9-10H2,2H3/t12-/m1/s1. The average molecular weight is 401 g/mol. The monoisotopic (exact) mass is 401 g/mol. The van der Waals surface area contributed by atoms with Gasteiger partial charge in [-0.2, -0.15) is 4.39 Å². The molecule has 0 saturated heterocycles. The molecule has 7 nitrogen and oxygen atoms in total. The molecule has 1 aromatic carbocycles. The van der Waals surface area contributed by atoms with Gasteiger partial charge in [0, 0.05) is 18.8 Å². The largest absolute Gasteiger partial charge is 0.394 e. The van der Waals surface area contributed by atoms with Crippen molar-refractivity contribution in [2.24, 2.45) is 7.05 Å². The summed E-state index contributed by atoms with van der Waals surface area (Å²) in [4.78, 5) is 25.2. The molecule has 0 unspecified atom stereocenters. The van der Waals surface area contributed by atoms with Crippen LogP contribution in [0.15, 0.2) is 40.1 Å². The van der Waals surface area contributed by atoms with Crippen LogP contribution in [0.3, 0.4) is 0 Å². The van der Waals surface area contributed by atoms with Gasteiger partial charge >= 0.3 is 0 Å². The Labute approximate surface area is 163 Å². The number of fused-ring (bicyclic) bond motifs is 1. The van der Waals surface area contributed by atoms with E-state index in [1.807, 2.05) is 0 Å². The highest BCUT2D eigenvalue weighted by molar-refractivity contribution is 5.92. The summed E-state index contributed by atoms with van der Waals surface area (Å²) in [6.45, 7) is -0.829. The maximum atomic E-state index is 14.8. The maximum absolute atomic E-state index is 14.8. The fourth-order valence-electron chi connectivity index (χ4n) is 2.94. The van der Waals surface area contributed by atoms with Gasteiger partial charge in [0.1, 0.15) is 5.82 Å². The van der Waals surface area contributed by atoms with Gasteiger partial charge in [-0.25, -0.2) is 4.39 Å². The Morgan fingerprint density at radius 1 is 1.24 bits per heavy atom. The van der Waals surface area contributed by atoms with Gasteiger partial charge in [0.25, 0.3) is 11.1 Å². The Balaban J connectivity index is 2.27. The zero-order valence-electron chi connectivity index (χ0n) is 15.3. The van der Waals surface area contributed by atoms with Crippen LogP contribution < -0.4 is 16.4 Å². The quantitative estimate of drug-likeness (QED) is 0.556. The lowest BCUT2D eigenvalue weighted by atomic mass is 10.1. The summed E-state index contributed by atoms with van der Waals surface area (Å²) in [7, 11) is 1.30. The molecule has 0 aliphatic heterocycles. The number of pyridine rings is 2. The molecule has 0 bridgehead atoms. The number of aryl methyl sites for hydroxylation is 1. The second-order valence-corrected chi connectivity index (χ2v) is 6.39. The molecular formula is C20H17F2N3O4. The van der Waals surface area contributed by atoms with Crippen molar-refractivity contribution in [1.82, 2.24) is 9.13 Å². The molecule has 2 heterocycles. The fraction of sp³-hybridized carbons (Fsp3) is 0.200. The van der Waals surface area contributed by atoms with E-state index in [-0.39, 0.29) is 28.7 Å². The van der Waals surface area contributed by atoms with Crippen molar-refractivity contribution in [3.05, 3.63) is 68.4 Å². The van der Waals surface area contributed by atoms with E-state index < -0.39 is 41.2 Å². The smallest absolute Gasteiger partial charge is 0.289 e. The molecule has 0 amide bonds. The van der Waals surface area contributed by atoms with Crippen molar-refractivity contribution in [2.75, 3.05) is 11.9 Å². The third-order valence-corrected chi connectivity index (χ3v) is 4.48. The summed E-state index contributed by atoms with van der Waals surface area (Å²) < 4.78 is 31.2. The zero-order valence-corrected chi connectivity index (χ0v) is 15.3. The van der Waals surface area contributed by atoms with Crippen LogP contribution in [0.5, 0.6) is 0 Å². The van der Waals surface area contributed by atoms with Crippen LogP contribution >= 0.6 is 0 Å². The summed E-state index contributed by atoms with van der Waals surface area (Å²) in [6.07, 6.45) is 5.32. The Morgan fingerprint density at radius 3 is 2.59 bits per heavy atom. The van der Waals surface area contributed by atoms with Gasteiger partial charge in [0.15, 0.2) is 0 Å². The molecule has 3 N–H and O–H groups in total. The average Bonchev–Trinajstić information content (AvgIpc) is 2.72. The van der Waals surface area contributed by atoms with Gasteiger partial charge in [-0.1, -0.05) is 5.92 Å². The third kappa shape index (κ3) is 3.63. The number of anilines is 2. The van der Waals surface area contributed by atoms with E-state index in [1.54, 1.807) is 0 Å². The lowest BCUT2D eigenvalue weighted by Crippen LogP contribution is -2.31. The molecule has 3 rings (SSSR count). The Hall–Kier alpha value is -3.48. The predicted molar refractivity (Wildman–Crippen MR) is 104 cm³/mol. The van der Waals surface area contributed by atoms with Crippen molar-refractivity contribution < 1.29 is 19.0 Å². The number of hydrogen-bond donors (Lipinski definition) is 3. The SMILES string of the molecule is C#Cc1ccc(Nc2c(F)c(=O)n(C)c3ccn(C[C@@H](O)CO)c(=O)c23)c(F)c1. The third-order valence-electron chi connectivity index (χ3n) is 4.48. The molecule has 1 atom stereocenters. The van der Waals surface area contributed by atoms with Gasteiger partial charge in [-0.15, -0.1) is 6.42 Å². The molecule has 2 aromatic heterocycles. The number of rotatable bonds is 5. The zero-order chi connectivity index (χ0) is 21.3. The van der Waals surface area contributed by atoms with Crippen molar-refractivity contribution in [2.45, 2.75) is 12.6 Å². The van der Waals surface area contributed by atoms with E-state index in [2.05, 4.69) is 11.2 Å². The van der Waals surface area contributed by atoms with Crippen LogP contribution in [0.2, 0.25) is 0 Å². The molecule has 0 fully saturated rings. The molecular weight excluding hydrogens is 384 g/mol. The van der Waals surface area contributed by atoms with Crippen molar-refractivity contribution in [3.63, 3.8) is 0 Å². The Bertz CT molecular complexity index is 1260. The number of nitrogens with one attached hydrogen (secondary N) is 1. The second kappa shape index (κ2) is 7.87. The Morgan fingerprint density at radius 2 is 1.97 bits per heavy atom. The summed E-state index contributed by atoms with van der Waals surface area (Å²) in [5.74, 6) is 0.207. The number of aromatic nitrogens is 2. The van der Waals surface area contributed by atoms with E-state index >= 15 is 0 Å². The van der Waals surface area contributed by atoms with Gasteiger partial charge in [0.05, 0.1) is 41.5 Å². The van der Waals surface area contributed by atoms with Gasteiger partial charge in [0.2, 0.25) is 5.82 Å². The van der Waals surface area contributed by atoms with Gasteiger partial charge in [-0.3, -0.25) is 9.59 Å². The molecule has 29 heavy (non-hydrogen) atoms. The van der Waals surface area contributed by atoms with E-state index in [9.17, 15) is 23.5 Å². The maximum Gasteiger partial charge on any atom is 0.289 e. The first kappa shape index (κ1) is 20.3. The first-order valence-corrected chi connectivity index (χ1v) is 8.52. The second-order valence-electron chi connectivity index (χ2n) is 6.39. The molecule has 0 radical (unpaired) electrons. The first-order valence-electron chi connectivity index (χ1n) is 8.52. The molecule has 9 heteroatoms. The topological polar surface area (TPSA) is 96.5 Å². The summed E-state index contributed by atoms with van der Waals surface area (Å²) >= 11 is 0. The molecule has 0 aliphatic carbocycles. The highest BCUT2D eigenvalue weighted by Gasteiger charge is 2.20. The van der Waals surface area contributed by atoms with E-state index in [0.717, 1.165) is 15.2 Å². The summed E-state index contributed by atoms with van der Waals surface area (Å²) in [5.41, 5.74) is -2.03. The van der Waals surface area contributed by atoms with Crippen LogP contribution in [0, 0.1) is 24.0 Å². The van der Waals surface area contributed by atoms with Gasteiger partial charge in [-0.05, 0) is 24.3 Å². The number of hydrogen-bond acceptors (Lipinski definition) is 5. The predicted octanol–water partition coefficient (Wildman–Crippen LogP) is 1.06.